The lowest BCUT2D eigenvalue weighted by molar-refractivity contribution is -0.384. The van der Waals surface area contributed by atoms with Gasteiger partial charge in [-0.2, -0.15) is 0 Å². The third-order valence-corrected chi connectivity index (χ3v) is 4.06. The molecule has 0 amide bonds. The Bertz CT molecular complexity index is 521. The van der Waals surface area contributed by atoms with E-state index in [0.29, 0.717) is 18.4 Å². The molecule has 2 rings (SSSR count). The van der Waals surface area contributed by atoms with Crippen molar-refractivity contribution in [3.8, 4) is 0 Å². The van der Waals surface area contributed by atoms with E-state index < -0.39 is 16.9 Å². The van der Waals surface area contributed by atoms with Gasteiger partial charge in [-0.05, 0) is 36.0 Å². The number of carbonyl (C=O) groups excluding carboxylic acids is 1. The number of hydrogen-bond donors (Lipinski definition) is 1. The Morgan fingerprint density at radius 3 is 2.50 bits per heavy atom. The highest BCUT2D eigenvalue weighted by molar-refractivity contribution is 5.82. The Morgan fingerprint density at radius 2 is 1.95 bits per heavy atom. The summed E-state index contributed by atoms with van der Waals surface area (Å²) in [4.78, 5) is 22.1. The molecule has 1 aliphatic carbocycles. The highest BCUT2D eigenvalue weighted by Crippen LogP contribution is 2.41. The Kier molecular flexibility index (Phi) is 3.90. The predicted molar refractivity (Wildman–Crippen MR) is 74.2 cm³/mol. The highest BCUT2D eigenvalue weighted by atomic mass is 16.6. The molecule has 0 aliphatic heterocycles. The molecule has 0 bridgehead atoms. The number of aliphatic hydroxyl groups excluding tert-OH is 1. The van der Waals surface area contributed by atoms with Crippen LogP contribution in [0, 0.1) is 21.4 Å². The number of carbonyl (C=O) groups is 1. The Hall–Kier alpha value is -1.75. The van der Waals surface area contributed by atoms with Crippen molar-refractivity contribution < 1.29 is 14.8 Å². The lowest BCUT2D eigenvalue weighted by Gasteiger charge is -2.36. The average Bonchev–Trinajstić information content (AvgIpc) is 2.41. The van der Waals surface area contributed by atoms with E-state index in [4.69, 9.17) is 0 Å². The quantitative estimate of drug-likeness (QED) is 0.680. The highest BCUT2D eigenvalue weighted by Gasteiger charge is 2.38. The van der Waals surface area contributed by atoms with Crippen molar-refractivity contribution in [2.45, 2.75) is 39.2 Å². The molecule has 0 saturated heterocycles. The summed E-state index contributed by atoms with van der Waals surface area (Å²) in [6.45, 7) is 4.18. The van der Waals surface area contributed by atoms with Crippen molar-refractivity contribution in [2.75, 3.05) is 0 Å². The van der Waals surface area contributed by atoms with Gasteiger partial charge in [0.05, 0.1) is 11.0 Å². The molecule has 1 aromatic carbocycles. The molecular formula is C15H19NO4. The number of nitro groups is 1. The van der Waals surface area contributed by atoms with Crippen LogP contribution in [0.4, 0.5) is 5.69 Å². The van der Waals surface area contributed by atoms with Crippen molar-refractivity contribution in [1.29, 1.82) is 0 Å². The van der Waals surface area contributed by atoms with Crippen LogP contribution in [0.25, 0.3) is 0 Å². The number of benzene rings is 1. The van der Waals surface area contributed by atoms with E-state index in [1.54, 1.807) is 0 Å². The van der Waals surface area contributed by atoms with Gasteiger partial charge in [0.2, 0.25) is 0 Å². The molecule has 0 heterocycles. The first-order valence-electron chi connectivity index (χ1n) is 6.75. The van der Waals surface area contributed by atoms with Crippen LogP contribution in [0.5, 0.6) is 0 Å². The minimum atomic E-state index is -0.886. The zero-order chi connectivity index (χ0) is 14.9. The minimum absolute atomic E-state index is 0.0174. The summed E-state index contributed by atoms with van der Waals surface area (Å²) in [5.74, 6) is -0.338. The van der Waals surface area contributed by atoms with E-state index in [1.807, 2.05) is 0 Å². The maximum absolute atomic E-state index is 12.0. The summed E-state index contributed by atoms with van der Waals surface area (Å²) in [7, 11) is 0. The zero-order valence-corrected chi connectivity index (χ0v) is 11.7. The van der Waals surface area contributed by atoms with E-state index >= 15 is 0 Å². The number of ketones is 1. The van der Waals surface area contributed by atoms with Gasteiger partial charge in [0.15, 0.2) is 0 Å². The van der Waals surface area contributed by atoms with Crippen LogP contribution in [-0.2, 0) is 4.79 Å². The van der Waals surface area contributed by atoms with Crippen LogP contribution < -0.4 is 0 Å². The molecule has 2 atom stereocenters. The summed E-state index contributed by atoms with van der Waals surface area (Å²) in [6.07, 6.45) is 1.09. The van der Waals surface area contributed by atoms with Gasteiger partial charge < -0.3 is 5.11 Å². The van der Waals surface area contributed by atoms with E-state index in [0.717, 1.165) is 6.42 Å². The number of rotatable bonds is 3. The van der Waals surface area contributed by atoms with Crippen molar-refractivity contribution in [3.05, 3.63) is 39.9 Å². The van der Waals surface area contributed by atoms with Gasteiger partial charge in [0.1, 0.15) is 5.78 Å². The monoisotopic (exact) mass is 277 g/mol. The van der Waals surface area contributed by atoms with Crippen LogP contribution in [0.2, 0.25) is 0 Å². The van der Waals surface area contributed by atoms with Crippen LogP contribution in [-0.4, -0.2) is 15.8 Å². The number of non-ortho nitro benzene ring substituents is 1. The van der Waals surface area contributed by atoms with Crippen LogP contribution in [0.3, 0.4) is 0 Å². The SMILES string of the molecule is CC1(C)CCC(=O)C(C(O)c2ccc([N+](=O)[O-])cc2)C1. The molecule has 1 fully saturated rings. The van der Waals surface area contributed by atoms with E-state index in [-0.39, 0.29) is 16.9 Å². The molecule has 108 valence electrons. The van der Waals surface area contributed by atoms with Crippen LogP contribution >= 0.6 is 0 Å². The first-order valence-corrected chi connectivity index (χ1v) is 6.75. The van der Waals surface area contributed by atoms with Crippen molar-refractivity contribution >= 4 is 11.5 Å². The van der Waals surface area contributed by atoms with Gasteiger partial charge in [-0.3, -0.25) is 14.9 Å². The second kappa shape index (κ2) is 5.32. The Balaban J connectivity index is 2.19. The molecule has 1 N–H and O–H groups in total. The van der Waals surface area contributed by atoms with Gasteiger partial charge in [0, 0.05) is 24.5 Å². The first-order chi connectivity index (χ1) is 9.30. The summed E-state index contributed by atoms with van der Waals surface area (Å²) in [5, 5.41) is 21.0. The Labute approximate surface area is 117 Å². The predicted octanol–water partition coefficient (Wildman–Crippen LogP) is 3.02. The standard InChI is InChI=1S/C15H19NO4/c1-15(2)8-7-13(17)12(9-15)14(18)10-3-5-11(6-4-10)16(19)20/h3-6,12,14,18H,7-9H2,1-2H3. The van der Waals surface area contributed by atoms with Crippen molar-refractivity contribution in [2.24, 2.45) is 11.3 Å². The second-order valence-corrected chi connectivity index (χ2v) is 6.23. The van der Waals surface area contributed by atoms with Gasteiger partial charge in [-0.25, -0.2) is 0 Å². The average molecular weight is 277 g/mol. The van der Waals surface area contributed by atoms with E-state index in [9.17, 15) is 20.0 Å². The smallest absolute Gasteiger partial charge is 0.269 e. The Morgan fingerprint density at radius 1 is 1.35 bits per heavy atom. The summed E-state index contributed by atoms with van der Waals surface area (Å²) in [5.41, 5.74) is 0.586. The van der Waals surface area contributed by atoms with Gasteiger partial charge in [0.25, 0.3) is 5.69 Å². The number of hydrogen-bond acceptors (Lipinski definition) is 4. The molecule has 0 aromatic heterocycles. The zero-order valence-electron chi connectivity index (χ0n) is 11.7. The molecule has 1 saturated carbocycles. The number of Topliss-reactive ketones (excluding diaryl/α,β-unsaturated/α-hetero) is 1. The van der Waals surface area contributed by atoms with E-state index in [1.165, 1.54) is 24.3 Å². The molecule has 2 unspecified atom stereocenters. The lowest BCUT2D eigenvalue weighted by Crippen LogP contribution is -2.33. The molecule has 5 heteroatoms. The van der Waals surface area contributed by atoms with Crippen LogP contribution in [0.1, 0.15) is 44.8 Å². The molecule has 0 spiro atoms. The van der Waals surface area contributed by atoms with Gasteiger partial charge in [-0.15, -0.1) is 0 Å². The van der Waals surface area contributed by atoms with Crippen LogP contribution in [0.15, 0.2) is 24.3 Å². The molecule has 1 aromatic rings. The minimum Gasteiger partial charge on any atom is -0.388 e. The topological polar surface area (TPSA) is 80.4 Å². The largest absolute Gasteiger partial charge is 0.388 e. The van der Waals surface area contributed by atoms with Gasteiger partial charge in [-0.1, -0.05) is 13.8 Å². The second-order valence-electron chi connectivity index (χ2n) is 6.23. The third-order valence-electron chi connectivity index (χ3n) is 4.06. The normalized spacial score (nSPS) is 23.4. The number of nitro benzene ring substituents is 1. The summed E-state index contributed by atoms with van der Waals surface area (Å²) < 4.78 is 0. The maximum Gasteiger partial charge on any atom is 0.269 e. The molecule has 1 aliphatic rings. The maximum atomic E-state index is 12.0. The van der Waals surface area contributed by atoms with Gasteiger partial charge >= 0.3 is 0 Å². The summed E-state index contributed by atoms with van der Waals surface area (Å²) in [6, 6.07) is 5.77. The third kappa shape index (κ3) is 3.04. The molecule has 5 nitrogen and oxygen atoms in total. The fraction of sp³-hybridized carbons (Fsp3) is 0.533. The van der Waals surface area contributed by atoms with E-state index in [2.05, 4.69) is 13.8 Å². The van der Waals surface area contributed by atoms with Crippen molar-refractivity contribution in [1.82, 2.24) is 0 Å². The molecule has 20 heavy (non-hydrogen) atoms. The molecule has 0 radical (unpaired) electrons. The number of aliphatic hydroxyl groups is 1. The van der Waals surface area contributed by atoms with Crippen molar-refractivity contribution in [3.63, 3.8) is 0 Å². The molecular weight excluding hydrogens is 258 g/mol. The fourth-order valence-electron chi connectivity index (χ4n) is 2.77. The fourth-order valence-corrected chi connectivity index (χ4v) is 2.77. The lowest BCUT2D eigenvalue weighted by atomic mass is 9.69. The summed E-state index contributed by atoms with van der Waals surface area (Å²) >= 11 is 0. The number of nitrogens with zero attached hydrogens (tertiary/aromatic N) is 1. The first kappa shape index (κ1) is 14.7.